The second-order valence-electron chi connectivity index (χ2n) is 5.03. The van der Waals surface area contributed by atoms with Crippen molar-refractivity contribution in [2.75, 3.05) is 0 Å². The fraction of sp³-hybridized carbons (Fsp3) is 0.333. The van der Waals surface area contributed by atoms with Crippen molar-refractivity contribution >= 4 is 0 Å². The van der Waals surface area contributed by atoms with Gasteiger partial charge in [0.2, 0.25) is 0 Å². The number of fused-ring (bicyclic) bond motifs is 1. The summed E-state index contributed by atoms with van der Waals surface area (Å²) < 4.78 is 2.17. The number of nitrogens with two attached hydrogens (primary N) is 1. The highest BCUT2D eigenvalue weighted by Crippen LogP contribution is 2.28. The summed E-state index contributed by atoms with van der Waals surface area (Å²) in [6.07, 6.45) is 2.22. The summed E-state index contributed by atoms with van der Waals surface area (Å²) in [7, 11) is 2.09. The maximum atomic E-state index is 5.83. The Morgan fingerprint density at radius 3 is 2.67 bits per heavy atom. The van der Waals surface area contributed by atoms with Gasteiger partial charge in [-0.1, -0.05) is 30.3 Å². The van der Waals surface area contributed by atoms with Gasteiger partial charge in [0.05, 0.1) is 0 Å². The first-order chi connectivity index (χ1) is 8.78. The maximum Gasteiger partial charge on any atom is 0.0358 e. The van der Waals surface area contributed by atoms with E-state index in [4.69, 9.17) is 5.73 Å². The van der Waals surface area contributed by atoms with E-state index >= 15 is 0 Å². The fourth-order valence-corrected chi connectivity index (χ4v) is 2.86. The van der Waals surface area contributed by atoms with Gasteiger partial charge >= 0.3 is 0 Å². The minimum absolute atomic E-state index is 0.630. The molecule has 1 aromatic carbocycles. The van der Waals surface area contributed by atoms with Crippen LogP contribution in [0.2, 0.25) is 0 Å². The zero-order valence-corrected chi connectivity index (χ0v) is 10.8. The molecule has 3 rings (SSSR count). The SMILES string of the molecule is Cn1cc2c(c1CN)CN(Cc1ccccc1)C2. The predicted molar refractivity (Wildman–Crippen MR) is 72.7 cm³/mol. The fourth-order valence-electron chi connectivity index (χ4n) is 2.86. The molecule has 1 aliphatic rings. The van der Waals surface area contributed by atoms with E-state index in [0.717, 1.165) is 19.6 Å². The third-order valence-electron chi connectivity index (χ3n) is 3.73. The number of aryl methyl sites for hydroxylation is 1. The molecule has 0 radical (unpaired) electrons. The summed E-state index contributed by atoms with van der Waals surface area (Å²) in [6, 6.07) is 10.6. The molecule has 0 bridgehead atoms. The average Bonchev–Trinajstić information content (AvgIpc) is 2.86. The van der Waals surface area contributed by atoms with Crippen molar-refractivity contribution in [3.8, 4) is 0 Å². The van der Waals surface area contributed by atoms with Crippen molar-refractivity contribution in [1.29, 1.82) is 0 Å². The van der Waals surface area contributed by atoms with E-state index in [1.54, 1.807) is 0 Å². The van der Waals surface area contributed by atoms with Crippen molar-refractivity contribution in [1.82, 2.24) is 9.47 Å². The van der Waals surface area contributed by atoms with E-state index in [1.807, 2.05) is 0 Å². The second-order valence-corrected chi connectivity index (χ2v) is 5.03. The molecule has 2 N–H and O–H groups in total. The number of benzene rings is 1. The van der Waals surface area contributed by atoms with Gasteiger partial charge in [0.1, 0.15) is 0 Å². The lowest BCUT2D eigenvalue weighted by Gasteiger charge is -2.16. The lowest BCUT2D eigenvalue weighted by atomic mass is 10.2. The van der Waals surface area contributed by atoms with Gasteiger partial charge in [0.25, 0.3) is 0 Å². The average molecular weight is 241 g/mol. The quantitative estimate of drug-likeness (QED) is 0.892. The van der Waals surface area contributed by atoms with Gasteiger partial charge in [0, 0.05) is 45.1 Å². The molecule has 0 saturated heterocycles. The van der Waals surface area contributed by atoms with E-state index in [9.17, 15) is 0 Å². The van der Waals surface area contributed by atoms with E-state index < -0.39 is 0 Å². The summed E-state index contributed by atoms with van der Waals surface area (Å²) in [5.41, 5.74) is 11.4. The van der Waals surface area contributed by atoms with E-state index in [-0.39, 0.29) is 0 Å². The van der Waals surface area contributed by atoms with Crippen LogP contribution in [0.5, 0.6) is 0 Å². The highest BCUT2D eigenvalue weighted by molar-refractivity contribution is 5.35. The topological polar surface area (TPSA) is 34.2 Å². The number of hydrogen-bond acceptors (Lipinski definition) is 2. The third kappa shape index (κ3) is 1.96. The lowest BCUT2D eigenvalue weighted by molar-refractivity contribution is 0.273. The van der Waals surface area contributed by atoms with E-state index in [2.05, 4.69) is 53.0 Å². The van der Waals surface area contributed by atoms with Crippen LogP contribution in [0.15, 0.2) is 36.5 Å². The second kappa shape index (κ2) is 4.59. The summed E-state index contributed by atoms with van der Waals surface area (Å²) in [4.78, 5) is 2.47. The van der Waals surface area contributed by atoms with Crippen molar-refractivity contribution in [2.45, 2.75) is 26.2 Å². The van der Waals surface area contributed by atoms with Crippen LogP contribution in [-0.2, 0) is 33.2 Å². The molecule has 0 saturated carbocycles. The van der Waals surface area contributed by atoms with Gasteiger partial charge in [-0.2, -0.15) is 0 Å². The highest BCUT2D eigenvalue weighted by Gasteiger charge is 2.23. The maximum absolute atomic E-state index is 5.83. The minimum Gasteiger partial charge on any atom is -0.353 e. The molecule has 0 fully saturated rings. The Balaban J connectivity index is 1.76. The monoisotopic (exact) mass is 241 g/mol. The van der Waals surface area contributed by atoms with Crippen LogP contribution < -0.4 is 5.73 Å². The smallest absolute Gasteiger partial charge is 0.0358 e. The Morgan fingerprint density at radius 2 is 1.94 bits per heavy atom. The first-order valence-corrected chi connectivity index (χ1v) is 6.40. The zero-order valence-electron chi connectivity index (χ0n) is 10.8. The van der Waals surface area contributed by atoms with Crippen molar-refractivity contribution in [3.05, 3.63) is 58.9 Å². The minimum atomic E-state index is 0.630. The van der Waals surface area contributed by atoms with Crippen LogP contribution in [0.4, 0.5) is 0 Å². The number of aromatic nitrogens is 1. The molecule has 0 unspecified atom stereocenters. The van der Waals surface area contributed by atoms with Crippen molar-refractivity contribution in [3.63, 3.8) is 0 Å². The third-order valence-corrected chi connectivity index (χ3v) is 3.73. The molecule has 3 nitrogen and oxygen atoms in total. The molecule has 0 spiro atoms. The number of rotatable bonds is 3. The zero-order chi connectivity index (χ0) is 12.5. The number of hydrogen-bond donors (Lipinski definition) is 1. The normalized spacial score (nSPS) is 15.0. The van der Waals surface area contributed by atoms with Gasteiger partial charge in [0.15, 0.2) is 0 Å². The Bertz CT molecular complexity index is 542. The first kappa shape index (κ1) is 11.5. The Kier molecular flexibility index (Phi) is 2.94. The van der Waals surface area contributed by atoms with E-state index in [0.29, 0.717) is 6.54 Å². The molecule has 1 aromatic heterocycles. The summed E-state index contributed by atoms with van der Waals surface area (Å²) in [5, 5.41) is 0. The van der Waals surface area contributed by atoms with Crippen LogP contribution >= 0.6 is 0 Å². The van der Waals surface area contributed by atoms with Gasteiger partial charge < -0.3 is 10.3 Å². The lowest BCUT2D eigenvalue weighted by Crippen LogP contribution is -2.17. The molecule has 94 valence electrons. The van der Waals surface area contributed by atoms with Crippen LogP contribution in [0.3, 0.4) is 0 Å². The standard InChI is InChI=1S/C15H19N3/c1-17-9-13-10-18(11-14(13)15(17)7-16)8-12-5-3-2-4-6-12/h2-6,9H,7-8,10-11,16H2,1H3. The van der Waals surface area contributed by atoms with Crippen LogP contribution in [-0.4, -0.2) is 9.47 Å². The van der Waals surface area contributed by atoms with E-state index in [1.165, 1.54) is 22.4 Å². The molecule has 0 atom stereocenters. The summed E-state index contributed by atoms with van der Waals surface area (Å²) in [6.45, 7) is 3.71. The highest BCUT2D eigenvalue weighted by atomic mass is 15.2. The molecule has 0 aliphatic carbocycles. The molecular formula is C15H19N3. The largest absolute Gasteiger partial charge is 0.353 e. The van der Waals surface area contributed by atoms with Gasteiger partial charge in [-0.3, -0.25) is 4.90 Å². The molecule has 18 heavy (non-hydrogen) atoms. The number of nitrogens with zero attached hydrogens (tertiary/aromatic N) is 2. The van der Waals surface area contributed by atoms with Gasteiger partial charge in [-0.15, -0.1) is 0 Å². The molecular weight excluding hydrogens is 222 g/mol. The Morgan fingerprint density at radius 1 is 1.17 bits per heavy atom. The van der Waals surface area contributed by atoms with Crippen molar-refractivity contribution in [2.24, 2.45) is 12.8 Å². The van der Waals surface area contributed by atoms with Crippen molar-refractivity contribution < 1.29 is 0 Å². The Hall–Kier alpha value is -1.58. The summed E-state index contributed by atoms with van der Waals surface area (Å²) >= 11 is 0. The first-order valence-electron chi connectivity index (χ1n) is 6.40. The Labute approximate surface area is 108 Å². The predicted octanol–water partition coefficient (Wildman–Crippen LogP) is 2.00. The van der Waals surface area contributed by atoms with Gasteiger partial charge in [-0.25, -0.2) is 0 Å². The molecule has 3 heteroatoms. The van der Waals surface area contributed by atoms with Crippen LogP contribution in [0, 0.1) is 0 Å². The van der Waals surface area contributed by atoms with Gasteiger partial charge in [-0.05, 0) is 16.7 Å². The molecule has 0 amide bonds. The molecule has 2 aromatic rings. The molecule has 1 aliphatic heterocycles. The molecule has 2 heterocycles. The van der Waals surface area contributed by atoms with Crippen LogP contribution in [0.25, 0.3) is 0 Å². The summed E-state index contributed by atoms with van der Waals surface area (Å²) in [5.74, 6) is 0. The van der Waals surface area contributed by atoms with Crippen LogP contribution in [0.1, 0.15) is 22.4 Å².